The van der Waals surface area contributed by atoms with E-state index >= 15 is 0 Å². The Balaban J connectivity index is 2.10. The molecule has 0 amide bonds. The fourth-order valence-corrected chi connectivity index (χ4v) is 2.51. The fourth-order valence-electron chi connectivity index (χ4n) is 2.51. The SMILES string of the molecule is C[C@@H]1O[C@@H](O)[C@H](O)[C@H](O[C@H]2O[C@@H](CO)[C@H](O)[C@@H](O)[C@@H]2O)[C@H]1O. The maximum absolute atomic E-state index is 9.96. The van der Waals surface area contributed by atoms with Crippen molar-refractivity contribution >= 4 is 0 Å². The minimum absolute atomic E-state index is 0.636. The monoisotopic (exact) mass is 326 g/mol. The van der Waals surface area contributed by atoms with E-state index in [-0.39, 0.29) is 0 Å². The first kappa shape index (κ1) is 17.9. The van der Waals surface area contributed by atoms with Gasteiger partial charge in [0.25, 0.3) is 0 Å². The number of hydrogen-bond donors (Lipinski definition) is 7. The van der Waals surface area contributed by atoms with Crippen molar-refractivity contribution < 1.29 is 50.0 Å². The second kappa shape index (κ2) is 7.01. The molecule has 0 unspecified atom stereocenters. The van der Waals surface area contributed by atoms with Gasteiger partial charge in [0.15, 0.2) is 12.6 Å². The van der Waals surface area contributed by atoms with Crippen molar-refractivity contribution in [2.75, 3.05) is 6.61 Å². The molecule has 0 spiro atoms. The maximum Gasteiger partial charge on any atom is 0.187 e. The highest BCUT2D eigenvalue weighted by Gasteiger charge is 2.49. The van der Waals surface area contributed by atoms with Gasteiger partial charge < -0.3 is 50.0 Å². The highest BCUT2D eigenvalue weighted by atomic mass is 16.7. The zero-order chi connectivity index (χ0) is 16.6. The van der Waals surface area contributed by atoms with Gasteiger partial charge in [-0.25, -0.2) is 0 Å². The second-order valence-electron chi connectivity index (χ2n) is 5.51. The summed E-state index contributed by atoms with van der Waals surface area (Å²) < 4.78 is 15.3. The summed E-state index contributed by atoms with van der Waals surface area (Å²) in [6.07, 6.45) is -14.3. The van der Waals surface area contributed by atoms with Crippen molar-refractivity contribution in [1.29, 1.82) is 0 Å². The summed E-state index contributed by atoms with van der Waals surface area (Å²) in [7, 11) is 0. The molecule has 10 heteroatoms. The van der Waals surface area contributed by atoms with Gasteiger partial charge in [-0.1, -0.05) is 0 Å². The Morgan fingerprint density at radius 3 is 2.05 bits per heavy atom. The van der Waals surface area contributed by atoms with E-state index in [1.54, 1.807) is 0 Å². The molecule has 10 nitrogen and oxygen atoms in total. The van der Waals surface area contributed by atoms with E-state index in [1.165, 1.54) is 6.92 Å². The van der Waals surface area contributed by atoms with Crippen LogP contribution in [0.1, 0.15) is 6.92 Å². The molecule has 7 N–H and O–H groups in total. The number of aliphatic hydroxyl groups excluding tert-OH is 7. The summed E-state index contributed by atoms with van der Waals surface area (Å²) in [4.78, 5) is 0. The van der Waals surface area contributed by atoms with Crippen molar-refractivity contribution in [2.45, 2.75) is 68.3 Å². The van der Waals surface area contributed by atoms with Gasteiger partial charge in [0, 0.05) is 0 Å². The highest BCUT2D eigenvalue weighted by molar-refractivity contribution is 4.92. The lowest BCUT2D eigenvalue weighted by Gasteiger charge is -2.44. The van der Waals surface area contributed by atoms with Crippen LogP contribution in [0.4, 0.5) is 0 Å². The van der Waals surface area contributed by atoms with Crippen molar-refractivity contribution in [3.8, 4) is 0 Å². The lowest BCUT2D eigenvalue weighted by Crippen LogP contribution is -2.63. The van der Waals surface area contributed by atoms with Crippen LogP contribution in [0.2, 0.25) is 0 Å². The van der Waals surface area contributed by atoms with E-state index < -0.39 is 68.0 Å². The molecular formula is C12H22O10. The van der Waals surface area contributed by atoms with Gasteiger partial charge in [-0.3, -0.25) is 0 Å². The van der Waals surface area contributed by atoms with Crippen molar-refractivity contribution in [3.05, 3.63) is 0 Å². The summed E-state index contributed by atoms with van der Waals surface area (Å²) in [6, 6.07) is 0. The van der Waals surface area contributed by atoms with Gasteiger partial charge in [0.1, 0.15) is 42.7 Å². The Hall–Kier alpha value is -0.400. The van der Waals surface area contributed by atoms with Gasteiger partial charge >= 0.3 is 0 Å². The Morgan fingerprint density at radius 1 is 0.818 bits per heavy atom. The molecule has 2 aliphatic heterocycles. The molecule has 2 aliphatic rings. The first-order valence-corrected chi connectivity index (χ1v) is 6.93. The largest absolute Gasteiger partial charge is 0.394 e. The van der Waals surface area contributed by atoms with Gasteiger partial charge in [-0.05, 0) is 6.92 Å². The third-order valence-electron chi connectivity index (χ3n) is 3.94. The molecule has 2 fully saturated rings. The number of hydrogen-bond acceptors (Lipinski definition) is 10. The van der Waals surface area contributed by atoms with Crippen LogP contribution < -0.4 is 0 Å². The standard InChI is InChI=1S/C12H22O10/c1-3-5(14)10(9(18)11(19)20-3)22-12-8(17)7(16)6(15)4(2-13)21-12/h3-19H,2H2,1H3/t3-,4-,5-,6-,7+,8-,9+,10+,11+,12+/m0/s1. The van der Waals surface area contributed by atoms with E-state index in [2.05, 4.69) is 0 Å². The van der Waals surface area contributed by atoms with E-state index in [9.17, 15) is 30.6 Å². The first-order valence-electron chi connectivity index (χ1n) is 6.93. The molecule has 0 aromatic carbocycles. The van der Waals surface area contributed by atoms with Crippen molar-refractivity contribution in [3.63, 3.8) is 0 Å². The first-order chi connectivity index (χ1) is 10.3. The molecule has 10 atom stereocenters. The van der Waals surface area contributed by atoms with Crippen LogP contribution in [0.5, 0.6) is 0 Å². The molecule has 130 valence electrons. The van der Waals surface area contributed by atoms with E-state index in [0.717, 1.165) is 0 Å². The topological polar surface area (TPSA) is 169 Å². The third kappa shape index (κ3) is 3.26. The molecule has 22 heavy (non-hydrogen) atoms. The Kier molecular flexibility index (Phi) is 5.72. The van der Waals surface area contributed by atoms with Crippen molar-refractivity contribution in [2.24, 2.45) is 0 Å². The quantitative estimate of drug-likeness (QED) is 0.269. The lowest BCUT2D eigenvalue weighted by atomic mass is 9.97. The summed E-state index contributed by atoms with van der Waals surface area (Å²) in [5.41, 5.74) is 0. The predicted octanol–water partition coefficient (Wildman–Crippen LogP) is -4.37. The Labute approximate surface area is 126 Å². The average molecular weight is 326 g/mol. The molecule has 2 rings (SSSR count). The zero-order valence-corrected chi connectivity index (χ0v) is 11.8. The molecule has 0 bridgehead atoms. The highest BCUT2D eigenvalue weighted by Crippen LogP contribution is 2.28. The number of ether oxygens (including phenoxy) is 3. The molecule has 0 aromatic rings. The van der Waals surface area contributed by atoms with Crippen LogP contribution in [-0.4, -0.2) is 104 Å². The molecule has 2 heterocycles. The second-order valence-corrected chi connectivity index (χ2v) is 5.51. The summed E-state index contributed by atoms with van der Waals surface area (Å²) >= 11 is 0. The molecular weight excluding hydrogens is 304 g/mol. The third-order valence-corrected chi connectivity index (χ3v) is 3.94. The summed E-state index contributed by atoms with van der Waals surface area (Å²) in [5, 5.41) is 67.6. The van der Waals surface area contributed by atoms with Crippen LogP contribution in [-0.2, 0) is 14.2 Å². The normalized spacial score (nSPS) is 53.5. The maximum atomic E-state index is 9.96. The van der Waals surface area contributed by atoms with Crippen LogP contribution in [0.15, 0.2) is 0 Å². The minimum Gasteiger partial charge on any atom is -0.394 e. The Bertz CT molecular complexity index is 352. The molecule has 0 radical (unpaired) electrons. The van der Waals surface area contributed by atoms with Gasteiger partial charge in [-0.2, -0.15) is 0 Å². The Morgan fingerprint density at radius 2 is 1.45 bits per heavy atom. The average Bonchev–Trinajstić information content (AvgIpc) is 2.49. The smallest absolute Gasteiger partial charge is 0.187 e. The van der Waals surface area contributed by atoms with Crippen LogP contribution in [0, 0.1) is 0 Å². The molecule has 2 saturated heterocycles. The lowest BCUT2D eigenvalue weighted by molar-refractivity contribution is -0.353. The van der Waals surface area contributed by atoms with Crippen LogP contribution in [0.3, 0.4) is 0 Å². The van der Waals surface area contributed by atoms with E-state index in [0.29, 0.717) is 0 Å². The summed E-state index contributed by atoms with van der Waals surface area (Å²) in [5.74, 6) is 0. The van der Waals surface area contributed by atoms with Gasteiger partial charge in [0.05, 0.1) is 12.7 Å². The van der Waals surface area contributed by atoms with E-state index in [1.807, 2.05) is 0 Å². The fraction of sp³-hybridized carbons (Fsp3) is 1.00. The van der Waals surface area contributed by atoms with Gasteiger partial charge in [0.2, 0.25) is 0 Å². The molecule has 0 aliphatic carbocycles. The predicted molar refractivity (Wildman–Crippen MR) is 67.2 cm³/mol. The molecule has 0 saturated carbocycles. The molecule has 0 aromatic heterocycles. The van der Waals surface area contributed by atoms with E-state index in [4.69, 9.17) is 19.3 Å². The number of aliphatic hydroxyl groups is 7. The van der Waals surface area contributed by atoms with Crippen molar-refractivity contribution in [1.82, 2.24) is 0 Å². The van der Waals surface area contributed by atoms with Crippen LogP contribution in [0.25, 0.3) is 0 Å². The van der Waals surface area contributed by atoms with Crippen LogP contribution >= 0.6 is 0 Å². The number of rotatable bonds is 3. The van der Waals surface area contributed by atoms with Gasteiger partial charge in [-0.15, -0.1) is 0 Å². The summed E-state index contributed by atoms with van der Waals surface area (Å²) in [6.45, 7) is 0.812. The minimum atomic E-state index is -1.67. The zero-order valence-electron chi connectivity index (χ0n) is 11.8.